The molecule has 1 aromatic carbocycles. The van der Waals surface area contributed by atoms with Crippen molar-refractivity contribution in [1.82, 2.24) is 4.31 Å². The first-order valence-corrected chi connectivity index (χ1v) is 9.50. The Bertz CT molecular complexity index is 596. The summed E-state index contributed by atoms with van der Waals surface area (Å²) in [6.45, 7) is 8.04. The van der Waals surface area contributed by atoms with E-state index in [9.17, 15) is 8.42 Å². The summed E-state index contributed by atoms with van der Waals surface area (Å²) in [5.41, 5.74) is 6.87. The molecular formula is C17H28N2O2S. The minimum absolute atomic E-state index is 0.0930. The molecule has 0 amide bonds. The van der Waals surface area contributed by atoms with Gasteiger partial charge in [-0.1, -0.05) is 32.9 Å². The molecule has 0 bridgehead atoms. The van der Waals surface area contributed by atoms with E-state index in [1.165, 1.54) is 5.56 Å². The van der Waals surface area contributed by atoms with Crippen molar-refractivity contribution in [1.29, 1.82) is 0 Å². The van der Waals surface area contributed by atoms with Gasteiger partial charge in [0.2, 0.25) is 10.0 Å². The van der Waals surface area contributed by atoms with Crippen molar-refractivity contribution < 1.29 is 8.42 Å². The molecule has 2 rings (SSSR count). The van der Waals surface area contributed by atoms with Crippen LogP contribution in [0.4, 0.5) is 0 Å². The van der Waals surface area contributed by atoms with E-state index in [1.807, 2.05) is 12.1 Å². The Morgan fingerprint density at radius 1 is 1.27 bits per heavy atom. The Morgan fingerprint density at radius 3 is 2.41 bits per heavy atom. The summed E-state index contributed by atoms with van der Waals surface area (Å²) >= 11 is 0. The second kappa shape index (κ2) is 6.69. The lowest BCUT2D eigenvalue weighted by atomic mass is 9.90. The molecule has 1 aliphatic heterocycles. The van der Waals surface area contributed by atoms with Crippen LogP contribution in [0.5, 0.6) is 0 Å². The van der Waals surface area contributed by atoms with Gasteiger partial charge in [0.1, 0.15) is 0 Å². The maximum atomic E-state index is 12.7. The first kappa shape index (κ1) is 17.4. The lowest BCUT2D eigenvalue weighted by Gasteiger charge is -2.22. The fraction of sp³-hybridized carbons (Fsp3) is 0.647. The molecule has 1 unspecified atom stereocenters. The number of rotatable bonds is 6. The first-order valence-electron chi connectivity index (χ1n) is 8.06. The van der Waals surface area contributed by atoms with E-state index in [0.29, 0.717) is 30.4 Å². The molecule has 5 heteroatoms. The van der Waals surface area contributed by atoms with Crippen molar-refractivity contribution in [3.05, 3.63) is 29.8 Å². The Labute approximate surface area is 134 Å². The number of benzene rings is 1. The van der Waals surface area contributed by atoms with Crippen molar-refractivity contribution in [2.45, 2.75) is 44.9 Å². The van der Waals surface area contributed by atoms with E-state index in [4.69, 9.17) is 5.73 Å². The highest BCUT2D eigenvalue weighted by Gasteiger charge is 2.38. The minimum atomic E-state index is -3.39. The van der Waals surface area contributed by atoms with E-state index in [2.05, 4.69) is 20.8 Å². The van der Waals surface area contributed by atoms with E-state index in [-0.39, 0.29) is 5.41 Å². The summed E-state index contributed by atoms with van der Waals surface area (Å²) in [7, 11) is -3.39. The van der Waals surface area contributed by atoms with Crippen LogP contribution in [0, 0.1) is 11.3 Å². The minimum Gasteiger partial charge on any atom is -0.330 e. The van der Waals surface area contributed by atoms with Gasteiger partial charge >= 0.3 is 0 Å². The molecule has 1 fully saturated rings. The molecule has 1 atom stereocenters. The number of aryl methyl sites for hydroxylation is 1. The molecule has 0 saturated carbocycles. The molecule has 124 valence electrons. The average molecular weight is 324 g/mol. The summed E-state index contributed by atoms with van der Waals surface area (Å²) in [6, 6.07) is 7.35. The Kier molecular flexibility index (Phi) is 5.30. The second-order valence-electron chi connectivity index (χ2n) is 7.18. The van der Waals surface area contributed by atoms with Crippen LogP contribution in [0.2, 0.25) is 0 Å². The van der Waals surface area contributed by atoms with Crippen LogP contribution in [-0.2, 0) is 16.4 Å². The van der Waals surface area contributed by atoms with Crippen LogP contribution in [0.3, 0.4) is 0 Å². The highest BCUT2D eigenvalue weighted by Crippen LogP contribution is 2.32. The number of sulfonamides is 1. The quantitative estimate of drug-likeness (QED) is 0.875. The normalized spacial score (nSPS) is 23.3. The van der Waals surface area contributed by atoms with Crippen LogP contribution in [0.15, 0.2) is 29.2 Å². The molecule has 0 aromatic heterocycles. The van der Waals surface area contributed by atoms with Crippen LogP contribution in [0.25, 0.3) is 0 Å². The van der Waals surface area contributed by atoms with Gasteiger partial charge in [-0.2, -0.15) is 4.31 Å². The molecule has 22 heavy (non-hydrogen) atoms. The van der Waals surface area contributed by atoms with Crippen molar-refractivity contribution in [3.8, 4) is 0 Å². The summed E-state index contributed by atoms with van der Waals surface area (Å²) in [4.78, 5) is 0.391. The monoisotopic (exact) mass is 324 g/mol. The largest absolute Gasteiger partial charge is 0.330 e. The molecule has 1 saturated heterocycles. The maximum Gasteiger partial charge on any atom is 0.243 e. The fourth-order valence-electron chi connectivity index (χ4n) is 2.78. The topological polar surface area (TPSA) is 63.4 Å². The summed E-state index contributed by atoms with van der Waals surface area (Å²) in [5, 5.41) is 0. The Balaban J connectivity index is 2.10. The Hall–Kier alpha value is -0.910. The van der Waals surface area contributed by atoms with Gasteiger partial charge in [-0.15, -0.1) is 0 Å². The third-order valence-electron chi connectivity index (χ3n) is 4.59. The van der Waals surface area contributed by atoms with Gasteiger partial charge in [0.25, 0.3) is 0 Å². The number of nitrogens with zero attached hydrogens (tertiary/aromatic N) is 1. The zero-order chi connectivity index (χ0) is 16.4. The van der Waals surface area contributed by atoms with Crippen LogP contribution in [0.1, 0.15) is 39.2 Å². The summed E-state index contributed by atoms with van der Waals surface area (Å²) in [6.07, 6.45) is 2.94. The highest BCUT2D eigenvalue weighted by atomic mass is 32.2. The van der Waals surface area contributed by atoms with Crippen molar-refractivity contribution >= 4 is 10.0 Å². The van der Waals surface area contributed by atoms with Crippen molar-refractivity contribution in [2.75, 3.05) is 19.6 Å². The van der Waals surface area contributed by atoms with Crippen molar-refractivity contribution in [3.63, 3.8) is 0 Å². The van der Waals surface area contributed by atoms with E-state index in [1.54, 1.807) is 16.4 Å². The highest BCUT2D eigenvalue weighted by molar-refractivity contribution is 7.89. The van der Waals surface area contributed by atoms with Gasteiger partial charge in [-0.3, -0.25) is 0 Å². The third kappa shape index (κ3) is 3.89. The number of hydrogen-bond acceptors (Lipinski definition) is 3. The molecular weight excluding hydrogens is 296 g/mol. The van der Waals surface area contributed by atoms with Gasteiger partial charge in [0.05, 0.1) is 4.90 Å². The Morgan fingerprint density at radius 2 is 1.91 bits per heavy atom. The molecule has 0 radical (unpaired) electrons. The average Bonchev–Trinajstić information content (AvgIpc) is 2.89. The van der Waals surface area contributed by atoms with Gasteiger partial charge in [0, 0.05) is 13.1 Å². The molecule has 1 aliphatic rings. The fourth-order valence-corrected chi connectivity index (χ4v) is 4.37. The van der Waals surface area contributed by atoms with Gasteiger partial charge in [-0.25, -0.2) is 8.42 Å². The molecule has 4 nitrogen and oxygen atoms in total. The molecule has 1 aromatic rings. The molecule has 1 heterocycles. The second-order valence-corrected chi connectivity index (χ2v) is 9.12. The number of nitrogens with two attached hydrogens (primary N) is 1. The molecule has 0 aliphatic carbocycles. The van der Waals surface area contributed by atoms with E-state index < -0.39 is 10.0 Å². The van der Waals surface area contributed by atoms with Crippen LogP contribution >= 0.6 is 0 Å². The van der Waals surface area contributed by atoms with E-state index in [0.717, 1.165) is 19.3 Å². The van der Waals surface area contributed by atoms with Gasteiger partial charge < -0.3 is 5.73 Å². The van der Waals surface area contributed by atoms with Crippen LogP contribution < -0.4 is 5.73 Å². The van der Waals surface area contributed by atoms with Crippen molar-refractivity contribution in [2.24, 2.45) is 17.1 Å². The molecule has 2 N–H and O–H groups in total. The first-order chi connectivity index (χ1) is 10.3. The van der Waals surface area contributed by atoms with Gasteiger partial charge in [-0.05, 0) is 54.8 Å². The predicted octanol–water partition coefficient (Wildman–Crippen LogP) is 2.63. The summed E-state index contributed by atoms with van der Waals surface area (Å²) in [5.74, 6) is 0.655. The van der Waals surface area contributed by atoms with E-state index >= 15 is 0 Å². The predicted molar refractivity (Wildman–Crippen MR) is 90.1 cm³/mol. The summed E-state index contributed by atoms with van der Waals surface area (Å²) < 4.78 is 27.0. The lowest BCUT2D eigenvalue weighted by molar-refractivity contribution is 0.349. The van der Waals surface area contributed by atoms with Crippen LogP contribution in [-0.4, -0.2) is 32.4 Å². The number of hydrogen-bond donors (Lipinski definition) is 1. The zero-order valence-electron chi connectivity index (χ0n) is 13.9. The standard InChI is InChI=1S/C17H28N2O2S/c1-14(2)4-5-15-6-8-16(9-7-15)22(20,21)19-11-10-17(3,12-18)13-19/h6-9,14H,4-5,10-13,18H2,1-3H3. The smallest absolute Gasteiger partial charge is 0.243 e. The maximum absolute atomic E-state index is 12.7. The lowest BCUT2D eigenvalue weighted by Crippen LogP contribution is -2.34. The van der Waals surface area contributed by atoms with Gasteiger partial charge in [0.15, 0.2) is 0 Å². The molecule has 0 spiro atoms. The third-order valence-corrected chi connectivity index (χ3v) is 6.45. The SMILES string of the molecule is CC(C)CCc1ccc(S(=O)(=O)N2CCC(C)(CN)C2)cc1. The zero-order valence-corrected chi connectivity index (χ0v) is 14.7.